The number of hydrogen-bond donors (Lipinski definition) is 0. The summed E-state index contributed by atoms with van der Waals surface area (Å²) < 4.78 is 14.8. The molecule has 0 aliphatic carbocycles. The highest BCUT2D eigenvalue weighted by atomic mass is 19.1. The van der Waals surface area contributed by atoms with Gasteiger partial charge in [-0.25, -0.2) is 4.39 Å². The molecule has 0 amide bonds. The molecular weight excluding hydrogens is 179 g/mol. The smallest absolute Gasteiger partial charge is 0.125 e. The van der Waals surface area contributed by atoms with Gasteiger partial charge in [-0.1, -0.05) is 13.3 Å². The van der Waals surface area contributed by atoms with Crippen LogP contribution >= 0.6 is 0 Å². The van der Waals surface area contributed by atoms with Gasteiger partial charge in [0, 0.05) is 11.9 Å². The molecule has 0 spiro atoms. The van der Waals surface area contributed by atoms with Crippen LogP contribution in [0.15, 0.2) is 24.4 Å². The average molecular weight is 191 g/mol. The molecule has 2 aromatic rings. The predicted octanol–water partition coefficient (Wildman–Crippen LogP) is 2.79. The standard InChI is InChI=1S/C11H12FN2/c1-2-3-6-14-11-7-10(12)5-4-9(11)8-13-14/h4-5,7-8H,1-3,6H2. The van der Waals surface area contributed by atoms with Crippen molar-refractivity contribution in [3.63, 3.8) is 0 Å². The highest BCUT2D eigenvalue weighted by Crippen LogP contribution is 2.15. The summed E-state index contributed by atoms with van der Waals surface area (Å²) in [5.74, 6) is -0.214. The lowest BCUT2D eigenvalue weighted by Gasteiger charge is -2.01. The minimum absolute atomic E-state index is 0.214. The van der Waals surface area contributed by atoms with Crippen molar-refractivity contribution >= 4 is 10.9 Å². The molecule has 3 heteroatoms. The van der Waals surface area contributed by atoms with Gasteiger partial charge in [0.25, 0.3) is 0 Å². The fraction of sp³-hybridized carbons (Fsp3) is 0.273. The van der Waals surface area contributed by atoms with Crippen LogP contribution in [0, 0.1) is 12.7 Å². The molecule has 0 unspecified atom stereocenters. The number of rotatable bonds is 3. The lowest BCUT2D eigenvalue weighted by Crippen LogP contribution is -1.99. The van der Waals surface area contributed by atoms with Crippen LogP contribution < -0.4 is 0 Å². The predicted molar refractivity (Wildman–Crippen MR) is 54.3 cm³/mol. The Kier molecular flexibility index (Phi) is 2.48. The summed E-state index contributed by atoms with van der Waals surface area (Å²) in [5, 5.41) is 5.18. The first-order valence-corrected chi connectivity index (χ1v) is 4.71. The van der Waals surface area contributed by atoms with E-state index < -0.39 is 0 Å². The first-order chi connectivity index (χ1) is 6.81. The first kappa shape index (κ1) is 9.19. The van der Waals surface area contributed by atoms with Crippen molar-refractivity contribution in [2.24, 2.45) is 0 Å². The third kappa shape index (κ3) is 1.62. The molecule has 0 saturated heterocycles. The topological polar surface area (TPSA) is 17.8 Å². The monoisotopic (exact) mass is 191 g/mol. The van der Waals surface area contributed by atoms with Crippen LogP contribution in [0.4, 0.5) is 4.39 Å². The molecule has 0 bridgehead atoms. The molecule has 2 nitrogen and oxygen atoms in total. The Morgan fingerprint density at radius 3 is 3.07 bits per heavy atom. The van der Waals surface area contributed by atoms with E-state index in [1.807, 2.05) is 4.68 Å². The van der Waals surface area contributed by atoms with Crippen molar-refractivity contribution in [3.05, 3.63) is 37.1 Å². The van der Waals surface area contributed by atoms with Crippen LogP contribution in [0.1, 0.15) is 12.8 Å². The lowest BCUT2D eigenvalue weighted by molar-refractivity contribution is 0.595. The van der Waals surface area contributed by atoms with Gasteiger partial charge in [0.15, 0.2) is 0 Å². The summed E-state index contributed by atoms with van der Waals surface area (Å²) >= 11 is 0. The van der Waals surface area contributed by atoms with Gasteiger partial charge in [-0.15, -0.1) is 0 Å². The molecule has 1 radical (unpaired) electrons. The van der Waals surface area contributed by atoms with Gasteiger partial charge in [-0.05, 0) is 24.6 Å². The zero-order valence-corrected chi connectivity index (χ0v) is 7.91. The maximum Gasteiger partial charge on any atom is 0.125 e. The van der Waals surface area contributed by atoms with E-state index in [-0.39, 0.29) is 5.82 Å². The second-order valence-corrected chi connectivity index (χ2v) is 3.28. The third-order valence-electron chi connectivity index (χ3n) is 2.23. The van der Waals surface area contributed by atoms with E-state index in [4.69, 9.17) is 0 Å². The second kappa shape index (κ2) is 3.78. The minimum Gasteiger partial charge on any atom is -0.265 e. The van der Waals surface area contributed by atoms with Crippen LogP contribution in [0.25, 0.3) is 10.9 Å². The third-order valence-corrected chi connectivity index (χ3v) is 2.23. The molecule has 0 saturated carbocycles. The molecule has 0 fully saturated rings. The lowest BCUT2D eigenvalue weighted by atomic mass is 10.2. The number of aromatic nitrogens is 2. The molecule has 14 heavy (non-hydrogen) atoms. The Balaban J connectivity index is 2.40. The number of benzene rings is 1. The van der Waals surface area contributed by atoms with Crippen molar-refractivity contribution in [2.75, 3.05) is 0 Å². The maximum atomic E-state index is 13.0. The molecule has 1 aromatic heterocycles. The molecule has 1 heterocycles. The van der Waals surface area contributed by atoms with E-state index in [0.29, 0.717) is 0 Å². The summed E-state index contributed by atoms with van der Waals surface area (Å²) in [6.45, 7) is 4.57. The molecule has 0 N–H and O–H groups in total. The molecule has 0 aliphatic heterocycles. The SMILES string of the molecule is [CH2]CCCn1ncc2ccc(F)cc21. The van der Waals surface area contributed by atoms with Gasteiger partial charge in [0.2, 0.25) is 0 Å². The van der Waals surface area contributed by atoms with Crippen LogP contribution in [0.5, 0.6) is 0 Å². The number of unbranched alkanes of at least 4 members (excludes halogenated alkanes) is 1. The first-order valence-electron chi connectivity index (χ1n) is 4.71. The fourth-order valence-corrected chi connectivity index (χ4v) is 1.48. The van der Waals surface area contributed by atoms with Crippen molar-refractivity contribution in [1.29, 1.82) is 0 Å². The summed E-state index contributed by atoms with van der Waals surface area (Å²) in [5.41, 5.74) is 0.860. The summed E-state index contributed by atoms with van der Waals surface area (Å²) in [7, 11) is 0. The Morgan fingerprint density at radius 1 is 1.43 bits per heavy atom. The minimum atomic E-state index is -0.214. The zero-order chi connectivity index (χ0) is 9.97. The highest BCUT2D eigenvalue weighted by molar-refractivity contribution is 5.78. The van der Waals surface area contributed by atoms with Crippen LogP contribution in [0.2, 0.25) is 0 Å². The molecular formula is C11H12FN2. The van der Waals surface area contributed by atoms with Gasteiger partial charge in [0.1, 0.15) is 5.82 Å². The average Bonchev–Trinajstić information content (AvgIpc) is 2.57. The quantitative estimate of drug-likeness (QED) is 0.729. The Hall–Kier alpha value is -1.38. The van der Waals surface area contributed by atoms with Crippen LogP contribution in [-0.2, 0) is 6.54 Å². The number of fused-ring (bicyclic) bond motifs is 1. The van der Waals surface area contributed by atoms with Gasteiger partial charge in [-0.2, -0.15) is 5.10 Å². The summed E-state index contributed by atoms with van der Waals surface area (Å²) in [6.07, 6.45) is 3.60. The van der Waals surface area contributed by atoms with E-state index in [2.05, 4.69) is 12.0 Å². The van der Waals surface area contributed by atoms with Crippen LogP contribution in [0.3, 0.4) is 0 Å². The van der Waals surface area contributed by atoms with E-state index >= 15 is 0 Å². The van der Waals surface area contributed by atoms with Gasteiger partial charge < -0.3 is 0 Å². The van der Waals surface area contributed by atoms with E-state index in [1.54, 1.807) is 12.3 Å². The normalized spacial score (nSPS) is 11.0. The van der Waals surface area contributed by atoms with Gasteiger partial charge >= 0.3 is 0 Å². The van der Waals surface area contributed by atoms with Gasteiger partial charge in [-0.3, -0.25) is 4.68 Å². The van der Waals surface area contributed by atoms with E-state index in [0.717, 1.165) is 30.3 Å². The van der Waals surface area contributed by atoms with Crippen molar-refractivity contribution < 1.29 is 4.39 Å². The molecule has 0 aliphatic rings. The summed E-state index contributed by atoms with van der Waals surface area (Å²) in [6, 6.07) is 4.72. The van der Waals surface area contributed by atoms with Crippen LogP contribution in [-0.4, -0.2) is 9.78 Å². The number of hydrogen-bond acceptors (Lipinski definition) is 1. The van der Waals surface area contributed by atoms with Gasteiger partial charge in [0.05, 0.1) is 11.7 Å². The molecule has 1 aromatic carbocycles. The van der Waals surface area contributed by atoms with Crippen molar-refractivity contribution in [1.82, 2.24) is 9.78 Å². The largest absolute Gasteiger partial charge is 0.265 e. The Bertz CT molecular complexity index is 434. The fourth-order valence-electron chi connectivity index (χ4n) is 1.48. The molecule has 0 atom stereocenters. The Morgan fingerprint density at radius 2 is 2.29 bits per heavy atom. The number of aryl methyl sites for hydroxylation is 1. The maximum absolute atomic E-state index is 13.0. The van der Waals surface area contributed by atoms with Crippen molar-refractivity contribution in [3.8, 4) is 0 Å². The van der Waals surface area contributed by atoms with Crippen molar-refractivity contribution in [2.45, 2.75) is 19.4 Å². The molecule has 73 valence electrons. The zero-order valence-electron chi connectivity index (χ0n) is 7.91. The molecule has 2 rings (SSSR count). The van der Waals surface area contributed by atoms with E-state index in [9.17, 15) is 4.39 Å². The number of nitrogens with zero attached hydrogens (tertiary/aromatic N) is 2. The highest BCUT2D eigenvalue weighted by Gasteiger charge is 2.02. The Labute approximate surface area is 82.3 Å². The van der Waals surface area contributed by atoms with E-state index in [1.165, 1.54) is 12.1 Å². The summed E-state index contributed by atoms with van der Waals surface area (Å²) in [4.78, 5) is 0. The second-order valence-electron chi connectivity index (χ2n) is 3.28. The number of halogens is 1.